The van der Waals surface area contributed by atoms with Crippen molar-refractivity contribution in [1.29, 1.82) is 0 Å². The lowest BCUT2D eigenvalue weighted by Gasteiger charge is -2.31. The van der Waals surface area contributed by atoms with E-state index in [0.29, 0.717) is 0 Å². The third-order valence-corrected chi connectivity index (χ3v) is 3.76. The Kier molecular flexibility index (Phi) is 4.33. The fourth-order valence-corrected chi connectivity index (χ4v) is 2.59. The van der Waals surface area contributed by atoms with E-state index in [4.69, 9.17) is 0 Å². The van der Waals surface area contributed by atoms with E-state index in [0.717, 1.165) is 6.07 Å². The summed E-state index contributed by atoms with van der Waals surface area (Å²) in [5, 5.41) is 11.0. The predicted molar refractivity (Wildman–Crippen MR) is 70.2 cm³/mol. The molecule has 0 aromatic heterocycles. The fourth-order valence-electron chi connectivity index (χ4n) is 2.17. The van der Waals surface area contributed by atoms with Gasteiger partial charge in [-0.2, -0.15) is 0 Å². The van der Waals surface area contributed by atoms with Crippen molar-refractivity contribution in [3.8, 4) is 0 Å². The van der Waals surface area contributed by atoms with Crippen LogP contribution in [0.4, 0.5) is 18.9 Å². The second-order valence-corrected chi connectivity index (χ2v) is 5.69. The number of nitro benzene ring substituents is 1. The van der Waals surface area contributed by atoms with Crippen molar-refractivity contribution in [3.05, 3.63) is 38.1 Å². The smallest absolute Gasteiger partial charge is 0.277 e. The molecule has 0 spiro atoms. The molecule has 1 aliphatic rings. The van der Waals surface area contributed by atoms with Gasteiger partial charge in [0.15, 0.2) is 0 Å². The third-order valence-electron chi connectivity index (χ3n) is 3.30. The number of likely N-dealkylation sites (tertiary alicyclic amines) is 1. The minimum Gasteiger partial charge on any atom is -0.298 e. The summed E-state index contributed by atoms with van der Waals surface area (Å²) in [6.07, 6.45) is -0.613. The molecule has 0 unspecified atom stereocenters. The molecule has 1 aliphatic heterocycles. The molecular weight excluding hydrogens is 341 g/mol. The van der Waals surface area contributed by atoms with E-state index in [9.17, 15) is 23.3 Å². The van der Waals surface area contributed by atoms with Gasteiger partial charge in [-0.1, -0.05) is 15.9 Å². The van der Waals surface area contributed by atoms with E-state index in [1.54, 1.807) is 4.90 Å². The van der Waals surface area contributed by atoms with Crippen LogP contribution in [0.25, 0.3) is 0 Å². The Labute approximate surface area is 121 Å². The number of hydrogen-bond donors (Lipinski definition) is 0. The lowest BCUT2D eigenvalue weighted by molar-refractivity contribution is -0.386. The van der Waals surface area contributed by atoms with Crippen molar-refractivity contribution in [2.45, 2.75) is 25.3 Å². The van der Waals surface area contributed by atoms with Crippen LogP contribution in [0.2, 0.25) is 0 Å². The maximum atomic E-state index is 13.9. The van der Waals surface area contributed by atoms with Crippen molar-refractivity contribution < 1.29 is 18.1 Å². The maximum Gasteiger partial charge on any atom is 0.277 e. The Bertz CT molecular complexity index is 530. The number of piperidine rings is 1. The molecule has 1 aromatic carbocycles. The van der Waals surface area contributed by atoms with Gasteiger partial charge in [0, 0.05) is 43.0 Å². The average Bonchev–Trinajstić information content (AvgIpc) is 2.34. The van der Waals surface area contributed by atoms with E-state index < -0.39 is 16.7 Å². The number of alkyl halides is 2. The van der Waals surface area contributed by atoms with Crippen LogP contribution in [-0.4, -0.2) is 28.8 Å². The van der Waals surface area contributed by atoms with Crippen molar-refractivity contribution in [2.24, 2.45) is 0 Å². The monoisotopic (exact) mass is 352 g/mol. The minimum atomic E-state index is -2.69. The van der Waals surface area contributed by atoms with Crippen LogP contribution in [0.5, 0.6) is 0 Å². The molecule has 1 aromatic rings. The molecule has 0 atom stereocenters. The first kappa shape index (κ1) is 15.2. The fraction of sp³-hybridized carbons (Fsp3) is 0.500. The standard InChI is InChI=1S/C12H12BrF3N2O2/c13-8-5-10(14)9(11(6-8)18(19)20)7-17-3-1-12(15,16)2-4-17/h5-6H,1-4,7H2. The van der Waals surface area contributed by atoms with Crippen LogP contribution in [0, 0.1) is 15.9 Å². The van der Waals surface area contributed by atoms with Gasteiger partial charge >= 0.3 is 0 Å². The van der Waals surface area contributed by atoms with Crippen molar-refractivity contribution in [1.82, 2.24) is 4.90 Å². The Morgan fingerprint density at radius 2 is 1.95 bits per heavy atom. The number of nitro groups is 1. The number of nitrogens with zero attached hydrogens (tertiary/aromatic N) is 2. The van der Waals surface area contributed by atoms with Gasteiger partial charge in [-0.3, -0.25) is 15.0 Å². The second-order valence-electron chi connectivity index (χ2n) is 4.77. The number of halogens is 4. The summed E-state index contributed by atoms with van der Waals surface area (Å²) in [4.78, 5) is 11.9. The lowest BCUT2D eigenvalue weighted by Crippen LogP contribution is -2.39. The third kappa shape index (κ3) is 3.49. The summed E-state index contributed by atoms with van der Waals surface area (Å²) >= 11 is 3.00. The lowest BCUT2D eigenvalue weighted by atomic mass is 10.1. The summed E-state index contributed by atoms with van der Waals surface area (Å²) in [5.41, 5.74) is -0.405. The number of rotatable bonds is 3. The maximum absolute atomic E-state index is 13.9. The molecule has 110 valence electrons. The molecule has 1 fully saturated rings. The largest absolute Gasteiger partial charge is 0.298 e. The minimum absolute atomic E-state index is 0.0362. The molecule has 20 heavy (non-hydrogen) atoms. The van der Waals surface area contributed by atoms with E-state index in [2.05, 4.69) is 15.9 Å². The zero-order valence-electron chi connectivity index (χ0n) is 10.4. The van der Waals surface area contributed by atoms with Gasteiger partial charge in [0.1, 0.15) is 5.82 Å². The Balaban J connectivity index is 2.19. The van der Waals surface area contributed by atoms with Crippen LogP contribution in [0.15, 0.2) is 16.6 Å². The molecule has 8 heteroatoms. The quantitative estimate of drug-likeness (QED) is 0.615. The van der Waals surface area contributed by atoms with E-state index in [-0.39, 0.29) is 48.2 Å². The molecule has 0 amide bonds. The Hall–Kier alpha value is -1.15. The Morgan fingerprint density at radius 1 is 1.35 bits per heavy atom. The van der Waals surface area contributed by atoms with Gasteiger partial charge in [-0.15, -0.1) is 0 Å². The molecule has 0 radical (unpaired) electrons. The van der Waals surface area contributed by atoms with Gasteiger partial charge < -0.3 is 0 Å². The summed E-state index contributed by atoms with van der Waals surface area (Å²) in [5.74, 6) is -3.40. The molecule has 0 aliphatic carbocycles. The zero-order chi connectivity index (χ0) is 14.9. The summed E-state index contributed by atoms with van der Waals surface area (Å²) in [7, 11) is 0. The highest BCUT2D eigenvalue weighted by Crippen LogP contribution is 2.31. The van der Waals surface area contributed by atoms with Crippen molar-refractivity contribution in [3.63, 3.8) is 0 Å². The molecule has 2 rings (SSSR count). The summed E-state index contributed by atoms with van der Waals surface area (Å²) in [6.45, 7) is 0.158. The SMILES string of the molecule is O=[N+]([O-])c1cc(Br)cc(F)c1CN1CCC(F)(F)CC1. The molecular formula is C12H12BrF3N2O2. The molecule has 0 saturated carbocycles. The van der Waals surface area contributed by atoms with Gasteiger partial charge in [0.05, 0.1) is 10.5 Å². The van der Waals surface area contributed by atoms with Gasteiger partial charge in [-0.25, -0.2) is 13.2 Å². The first-order chi connectivity index (χ1) is 9.28. The molecule has 0 N–H and O–H groups in total. The van der Waals surface area contributed by atoms with E-state index in [1.165, 1.54) is 6.07 Å². The van der Waals surface area contributed by atoms with Crippen LogP contribution < -0.4 is 0 Å². The van der Waals surface area contributed by atoms with Crippen LogP contribution in [-0.2, 0) is 6.54 Å². The first-order valence-electron chi connectivity index (χ1n) is 6.01. The molecule has 1 heterocycles. The van der Waals surface area contributed by atoms with Crippen molar-refractivity contribution in [2.75, 3.05) is 13.1 Å². The van der Waals surface area contributed by atoms with Crippen LogP contribution >= 0.6 is 15.9 Å². The van der Waals surface area contributed by atoms with Gasteiger partial charge in [-0.05, 0) is 6.07 Å². The zero-order valence-corrected chi connectivity index (χ0v) is 12.0. The topological polar surface area (TPSA) is 46.4 Å². The highest BCUT2D eigenvalue weighted by Gasteiger charge is 2.34. The summed E-state index contributed by atoms with van der Waals surface area (Å²) in [6, 6.07) is 2.36. The average molecular weight is 353 g/mol. The normalized spacial score (nSPS) is 19.0. The highest BCUT2D eigenvalue weighted by atomic mass is 79.9. The molecule has 4 nitrogen and oxygen atoms in total. The second kappa shape index (κ2) is 5.69. The highest BCUT2D eigenvalue weighted by molar-refractivity contribution is 9.10. The first-order valence-corrected chi connectivity index (χ1v) is 6.80. The molecule has 1 saturated heterocycles. The van der Waals surface area contributed by atoms with E-state index in [1.807, 2.05) is 0 Å². The Morgan fingerprint density at radius 3 is 2.50 bits per heavy atom. The van der Waals surface area contributed by atoms with E-state index >= 15 is 0 Å². The summed E-state index contributed by atoms with van der Waals surface area (Å²) < 4.78 is 40.2. The van der Waals surface area contributed by atoms with Gasteiger partial charge in [0.25, 0.3) is 11.6 Å². The van der Waals surface area contributed by atoms with Gasteiger partial charge in [0.2, 0.25) is 0 Å². The van der Waals surface area contributed by atoms with Crippen LogP contribution in [0.1, 0.15) is 18.4 Å². The van der Waals surface area contributed by atoms with Crippen LogP contribution in [0.3, 0.4) is 0 Å². The number of benzene rings is 1. The molecule has 0 bridgehead atoms. The predicted octanol–water partition coefficient (Wildman–Crippen LogP) is 3.73. The number of hydrogen-bond acceptors (Lipinski definition) is 3. The van der Waals surface area contributed by atoms with Crippen molar-refractivity contribution >= 4 is 21.6 Å².